The van der Waals surface area contributed by atoms with Crippen LogP contribution in [-0.2, 0) is 9.59 Å². The van der Waals surface area contributed by atoms with Gasteiger partial charge in [-0.25, -0.2) is 9.29 Å². The van der Waals surface area contributed by atoms with Gasteiger partial charge < -0.3 is 10.1 Å². The van der Waals surface area contributed by atoms with Crippen molar-refractivity contribution in [2.75, 3.05) is 16.8 Å². The summed E-state index contributed by atoms with van der Waals surface area (Å²) >= 11 is 0. The minimum atomic E-state index is -0.538. The minimum Gasteiger partial charge on any atom is -0.494 e. The zero-order valence-corrected chi connectivity index (χ0v) is 18.1. The van der Waals surface area contributed by atoms with E-state index in [2.05, 4.69) is 5.32 Å². The molecule has 3 aromatic carbocycles. The Kier molecular flexibility index (Phi) is 5.77. The highest BCUT2D eigenvalue weighted by molar-refractivity contribution is 6.46. The molecule has 0 radical (unpaired) electrons. The predicted molar refractivity (Wildman–Crippen MR) is 123 cm³/mol. The Bertz CT molecular complexity index is 1210. The lowest BCUT2D eigenvalue weighted by Crippen LogP contribution is -2.32. The zero-order chi connectivity index (χ0) is 22.8. The highest BCUT2D eigenvalue weighted by atomic mass is 19.1. The van der Waals surface area contributed by atoms with Gasteiger partial charge in [-0.05, 0) is 79.9 Å². The van der Waals surface area contributed by atoms with Crippen LogP contribution in [0.3, 0.4) is 0 Å². The van der Waals surface area contributed by atoms with Gasteiger partial charge in [-0.15, -0.1) is 0 Å². The molecular weight excluding hydrogens is 407 g/mol. The van der Waals surface area contributed by atoms with Crippen LogP contribution in [-0.4, -0.2) is 18.4 Å². The fourth-order valence-corrected chi connectivity index (χ4v) is 3.84. The van der Waals surface area contributed by atoms with Crippen LogP contribution in [0.1, 0.15) is 23.6 Å². The second kappa shape index (κ2) is 8.67. The molecule has 3 aromatic rings. The van der Waals surface area contributed by atoms with Gasteiger partial charge in [0.25, 0.3) is 11.8 Å². The van der Waals surface area contributed by atoms with Gasteiger partial charge in [0.1, 0.15) is 17.3 Å². The first-order valence-corrected chi connectivity index (χ1v) is 10.3. The van der Waals surface area contributed by atoms with Crippen molar-refractivity contribution in [3.63, 3.8) is 0 Å². The second-order valence-corrected chi connectivity index (χ2v) is 7.63. The SMILES string of the molecule is CCOc1ccc(C2=C(Nc3cc(C)cc(C)c3)C(=O)N(c3cccc(F)c3)C2=O)cc1. The van der Waals surface area contributed by atoms with Crippen molar-refractivity contribution in [2.24, 2.45) is 0 Å². The maximum atomic E-state index is 13.9. The molecule has 1 heterocycles. The lowest BCUT2D eigenvalue weighted by molar-refractivity contribution is -0.120. The van der Waals surface area contributed by atoms with Gasteiger partial charge in [-0.2, -0.15) is 0 Å². The molecule has 0 fully saturated rings. The van der Waals surface area contributed by atoms with Crippen molar-refractivity contribution in [2.45, 2.75) is 20.8 Å². The number of halogens is 1. The van der Waals surface area contributed by atoms with Gasteiger partial charge in [-0.1, -0.05) is 24.3 Å². The molecule has 5 nitrogen and oxygen atoms in total. The Morgan fingerprint density at radius 1 is 0.906 bits per heavy atom. The van der Waals surface area contributed by atoms with E-state index in [1.807, 2.05) is 39.0 Å². The molecule has 0 spiro atoms. The van der Waals surface area contributed by atoms with Crippen molar-refractivity contribution in [1.82, 2.24) is 0 Å². The van der Waals surface area contributed by atoms with E-state index in [1.165, 1.54) is 24.3 Å². The van der Waals surface area contributed by atoms with E-state index in [4.69, 9.17) is 4.74 Å². The Hall–Kier alpha value is -3.93. The number of anilines is 2. The van der Waals surface area contributed by atoms with Crippen LogP contribution in [0.4, 0.5) is 15.8 Å². The van der Waals surface area contributed by atoms with E-state index < -0.39 is 17.6 Å². The number of hydrogen-bond acceptors (Lipinski definition) is 4. The minimum absolute atomic E-state index is 0.147. The molecule has 6 heteroatoms. The molecule has 32 heavy (non-hydrogen) atoms. The number of benzene rings is 3. The first kappa shape index (κ1) is 21.3. The first-order chi connectivity index (χ1) is 15.4. The third kappa shape index (κ3) is 4.12. The molecule has 4 rings (SSSR count). The number of hydrogen-bond donors (Lipinski definition) is 1. The normalized spacial score (nSPS) is 13.7. The Morgan fingerprint density at radius 3 is 2.22 bits per heavy atom. The van der Waals surface area contributed by atoms with Crippen LogP contribution in [0.2, 0.25) is 0 Å². The molecule has 0 saturated heterocycles. The third-order valence-electron chi connectivity index (χ3n) is 5.10. The fourth-order valence-electron chi connectivity index (χ4n) is 3.84. The van der Waals surface area contributed by atoms with Gasteiger partial charge in [0.2, 0.25) is 0 Å². The molecule has 0 unspecified atom stereocenters. The fraction of sp³-hybridized carbons (Fsp3) is 0.154. The van der Waals surface area contributed by atoms with Crippen molar-refractivity contribution in [3.8, 4) is 5.75 Å². The average Bonchev–Trinajstić information content (AvgIpc) is 2.98. The van der Waals surface area contributed by atoms with Crippen LogP contribution in [0.5, 0.6) is 5.75 Å². The van der Waals surface area contributed by atoms with Crippen LogP contribution in [0.25, 0.3) is 5.57 Å². The average molecular weight is 430 g/mol. The third-order valence-corrected chi connectivity index (χ3v) is 5.10. The summed E-state index contributed by atoms with van der Waals surface area (Å²) < 4.78 is 19.3. The topological polar surface area (TPSA) is 58.6 Å². The monoisotopic (exact) mass is 430 g/mol. The Morgan fingerprint density at radius 2 is 1.59 bits per heavy atom. The number of nitrogens with one attached hydrogen (secondary N) is 1. The highest BCUT2D eigenvalue weighted by Crippen LogP contribution is 2.34. The molecule has 2 amide bonds. The lowest BCUT2D eigenvalue weighted by atomic mass is 10.0. The second-order valence-electron chi connectivity index (χ2n) is 7.63. The highest BCUT2D eigenvalue weighted by Gasteiger charge is 2.40. The van der Waals surface area contributed by atoms with Gasteiger partial charge in [-0.3, -0.25) is 9.59 Å². The van der Waals surface area contributed by atoms with Crippen molar-refractivity contribution < 1.29 is 18.7 Å². The van der Waals surface area contributed by atoms with Crippen LogP contribution in [0.15, 0.2) is 72.4 Å². The first-order valence-electron chi connectivity index (χ1n) is 10.3. The summed E-state index contributed by atoms with van der Waals surface area (Å²) in [5, 5.41) is 3.15. The van der Waals surface area contributed by atoms with Gasteiger partial charge >= 0.3 is 0 Å². The summed E-state index contributed by atoms with van der Waals surface area (Å²) in [6.07, 6.45) is 0. The molecule has 0 bridgehead atoms. The van der Waals surface area contributed by atoms with Crippen molar-refractivity contribution >= 4 is 28.8 Å². The molecule has 162 valence electrons. The van der Waals surface area contributed by atoms with Crippen LogP contribution >= 0.6 is 0 Å². The summed E-state index contributed by atoms with van der Waals surface area (Å²) in [5.41, 5.74) is 3.86. The smallest absolute Gasteiger partial charge is 0.282 e. The maximum Gasteiger partial charge on any atom is 0.282 e. The number of carbonyl (C=O) groups excluding carboxylic acids is 2. The Labute approximate surface area is 186 Å². The van der Waals surface area contributed by atoms with Crippen molar-refractivity contribution in [3.05, 3.63) is 94.9 Å². The summed E-state index contributed by atoms with van der Waals surface area (Å²) in [6, 6.07) is 18.3. The van der Waals surface area contributed by atoms with Crippen LogP contribution in [0, 0.1) is 19.7 Å². The number of rotatable bonds is 6. The Balaban J connectivity index is 1.81. The molecular formula is C26H23FN2O3. The maximum absolute atomic E-state index is 13.9. The van der Waals surface area contributed by atoms with E-state index in [9.17, 15) is 14.0 Å². The zero-order valence-electron chi connectivity index (χ0n) is 18.1. The number of ether oxygens (including phenoxy) is 1. The predicted octanol–water partition coefficient (Wildman–Crippen LogP) is 5.24. The van der Waals surface area contributed by atoms with E-state index in [0.717, 1.165) is 16.0 Å². The summed E-state index contributed by atoms with van der Waals surface area (Å²) in [7, 11) is 0. The molecule has 1 N–H and O–H groups in total. The van der Waals surface area contributed by atoms with Crippen LogP contribution < -0.4 is 15.0 Å². The molecule has 0 aliphatic carbocycles. The molecule has 0 aromatic heterocycles. The number of imide groups is 1. The van der Waals surface area contributed by atoms with E-state index in [0.29, 0.717) is 23.6 Å². The summed E-state index contributed by atoms with van der Waals surface area (Å²) in [5.74, 6) is -0.916. The molecule has 0 atom stereocenters. The molecule has 1 aliphatic rings. The van der Waals surface area contributed by atoms with E-state index in [-0.39, 0.29) is 17.0 Å². The summed E-state index contributed by atoms with van der Waals surface area (Å²) in [4.78, 5) is 27.8. The summed E-state index contributed by atoms with van der Waals surface area (Å²) in [6.45, 7) is 6.33. The number of aryl methyl sites for hydroxylation is 2. The number of nitrogens with zero attached hydrogens (tertiary/aromatic N) is 1. The quantitative estimate of drug-likeness (QED) is 0.544. The van der Waals surface area contributed by atoms with Gasteiger partial charge in [0, 0.05) is 5.69 Å². The number of carbonyl (C=O) groups is 2. The molecule has 0 saturated carbocycles. The van der Waals surface area contributed by atoms with E-state index >= 15 is 0 Å². The van der Waals surface area contributed by atoms with Gasteiger partial charge in [0.15, 0.2) is 0 Å². The standard InChI is InChI=1S/C26H23FN2O3/c1-4-32-22-10-8-18(9-11-22)23-24(28-20-13-16(2)12-17(3)14-20)26(31)29(25(23)30)21-7-5-6-19(27)15-21/h5-15,28H,4H2,1-3H3. The molecule has 1 aliphatic heterocycles. The number of amides is 2. The van der Waals surface area contributed by atoms with Gasteiger partial charge in [0.05, 0.1) is 17.9 Å². The van der Waals surface area contributed by atoms with Crippen molar-refractivity contribution in [1.29, 1.82) is 0 Å². The van der Waals surface area contributed by atoms with E-state index in [1.54, 1.807) is 24.3 Å². The largest absolute Gasteiger partial charge is 0.494 e. The lowest BCUT2D eigenvalue weighted by Gasteiger charge is -2.15.